The van der Waals surface area contributed by atoms with Crippen molar-refractivity contribution in [1.82, 2.24) is 4.90 Å². The fraction of sp³-hybridized carbons (Fsp3) is 0.778. The first-order chi connectivity index (χ1) is 14.4. The van der Waals surface area contributed by atoms with Crippen LogP contribution in [0.15, 0.2) is 11.3 Å². The van der Waals surface area contributed by atoms with Crippen LogP contribution in [0.25, 0.3) is 0 Å². The van der Waals surface area contributed by atoms with Crippen molar-refractivity contribution < 1.29 is 54.3 Å². The van der Waals surface area contributed by atoms with Crippen molar-refractivity contribution in [2.75, 3.05) is 7.11 Å². The van der Waals surface area contributed by atoms with Gasteiger partial charge in [0.15, 0.2) is 5.79 Å². The molecule has 3 heterocycles. The molecule has 10 nitrogen and oxygen atoms in total. The smallest absolute Gasteiger partial charge is 0.466 e. The summed E-state index contributed by atoms with van der Waals surface area (Å²) in [7, 11) is -5.13. The van der Waals surface area contributed by atoms with Crippen LogP contribution in [0.3, 0.4) is 0 Å². The van der Waals surface area contributed by atoms with Crippen molar-refractivity contribution >= 4 is 22.2 Å². The monoisotopic (exact) mass is 487 g/mol. The van der Waals surface area contributed by atoms with Crippen LogP contribution in [-0.2, 0) is 38.0 Å². The highest BCUT2D eigenvalue weighted by Gasteiger charge is 2.65. The number of methoxy groups -OCH3 is 1. The minimum absolute atomic E-state index is 0.573. The Hall–Kier alpha value is -2.06. The van der Waals surface area contributed by atoms with Crippen molar-refractivity contribution in [3.8, 4) is 0 Å². The summed E-state index contributed by atoms with van der Waals surface area (Å²) in [5.41, 5.74) is -7.25. The summed E-state index contributed by atoms with van der Waals surface area (Å²) in [6, 6.07) is -2.38. The third-order valence-electron chi connectivity index (χ3n) is 5.01. The lowest BCUT2D eigenvalue weighted by molar-refractivity contribution is -0.168. The molecule has 0 N–H and O–H groups in total. The van der Waals surface area contributed by atoms with Gasteiger partial charge in [0.2, 0.25) is 0 Å². The third kappa shape index (κ3) is 4.27. The summed E-state index contributed by atoms with van der Waals surface area (Å²) in [6.45, 7) is 8.00. The Morgan fingerprint density at radius 2 is 1.69 bits per heavy atom. The number of alkyl halides is 3. The molecule has 0 spiro atoms. The number of nitrogens with zero attached hydrogens (tertiary/aromatic N) is 1. The van der Waals surface area contributed by atoms with Crippen molar-refractivity contribution in [1.29, 1.82) is 0 Å². The fourth-order valence-corrected chi connectivity index (χ4v) is 4.55. The number of halogens is 3. The average molecular weight is 487 g/mol. The molecule has 0 unspecified atom stereocenters. The molecule has 0 radical (unpaired) electrons. The number of hydrogen-bond acceptors (Lipinski definition) is 9. The zero-order valence-corrected chi connectivity index (χ0v) is 19.0. The van der Waals surface area contributed by atoms with E-state index in [1.807, 2.05) is 0 Å². The van der Waals surface area contributed by atoms with Gasteiger partial charge in [0.25, 0.3) is 0 Å². The quantitative estimate of drug-likeness (QED) is 0.335. The SMILES string of the molecule is COC(=O)C1=C(OS(=O)(=O)C(F)(F)F)C[C@@H]2[C@H]3OC(C)(C)O[C@H]3[C@H]1N2C(=O)OC(C)(C)C. The predicted octanol–water partition coefficient (Wildman–Crippen LogP) is 2.19. The molecule has 0 aliphatic carbocycles. The van der Waals surface area contributed by atoms with Crippen LogP contribution in [0.1, 0.15) is 41.0 Å². The number of amides is 1. The van der Waals surface area contributed by atoms with Gasteiger partial charge in [-0.1, -0.05) is 0 Å². The van der Waals surface area contributed by atoms with Gasteiger partial charge >= 0.3 is 27.7 Å². The van der Waals surface area contributed by atoms with Crippen LogP contribution in [0.4, 0.5) is 18.0 Å². The molecular weight excluding hydrogens is 463 g/mol. The lowest BCUT2D eigenvalue weighted by atomic mass is 9.99. The van der Waals surface area contributed by atoms with Crippen LogP contribution in [0.2, 0.25) is 0 Å². The van der Waals surface area contributed by atoms with E-state index in [1.165, 1.54) is 0 Å². The van der Waals surface area contributed by atoms with E-state index in [0.29, 0.717) is 0 Å². The Balaban J connectivity index is 2.13. The predicted molar refractivity (Wildman–Crippen MR) is 99.2 cm³/mol. The molecule has 32 heavy (non-hydrogen) atoms. The van der Waals surface area contributed by atoms with Crippen LogP contribution in [-0.4, -0.2) is 73.7 Å². The number of carbonyl (C=O) groups is 2. The van der Waals surface area contributed by atoms with E-state index in [0.717, 1.165) is 12.0 Å². The van der Waals surface area contributed by atoms with Crippen LogP contribution < -0.4 is 0 Å². The van der Waals surface area contributed by atoms with Gasteiger partial charge in [-0.25, -0.2) is 9.59 Å². The third-order valence-corrected chi connectivity index (χ3v) is 5.99. The number of fused-ring (bicyclic) bond motifs is 5. The van der Waals surface area contributed by atoms with Crippen molar-refractivity contribution in [3.63, 3.8) is 0 Å². The molecule has 2 bridgehead atoms. The van der Waals surface area contributed by atoms with E-state index in [9.17, 15) is 31.2 Å². The van der Waals surface area contributed by atoms with Gasteiger partial charge in [-0.05, 0) is 34.6 Å². The summed E-state index contributed by atoms with van der Waals surface area (Å²) in [4.78, 5) is 26.7. The van der Waals surface area contributed by atoms with Gasteiger partial charge in [-0.2, -0.15) is 21.6 Å². The van der Waals surface area contributed by atoms with E-state index in [-0.39, 0.29) is 0 Å². The summed E-state index contributed by atoms with van der Waals surface area (Å²) in [6.07, 6.45) is -3.36. The highest BCUT2D eigenvalue weighted by atomic mass is 32.2. The Morgan fingerprint density at radius 1 is 1.12 bits per heavy atom. The molecule has 14 heteroatoms. The number of hydrogen-bond donors (Lipinski definition) is 0. The van der Waals surface area contributed by atoms with Crippen LogP contribution in [0, 0.1) is 0 Å². The van der Waals surface area contributed by atoms with Crippen molar-refractivity contribution in [3.05, 3.63) is 11.3 Å². The zero-order valence-electron chi connectivity index (χ0n) is 18.2. The first-order valence-corrected chi connectivity index (χ1v) is 11.0. The Kier molecular flexibility index (Phi) is 5.75. The standard InChI is InChI=1S/C18H24F3NO9S/c1-16(2,3)30-15(24)22-8-7-9(31-32(25,26)18(19,20)21)10(14(23)27-6)11(22)13-12(8)28-17(4,5)29-13/h8,11-13H,7H2,1-6H3/t8-,11+,12-,13+/m1/s1. The molecule has 0 aromatic rings. The van der Waals surface area contributed by atoms with E-state index in [1.54, 1.807) is 34.6 Å². The number of ether oxygens (including phenoxy) is 4. The number of esters is 1. The highest BCUT2D eigenvalue weighted by molar-refractivity contribution is 7.87. The van der Waals surface area contributed by atoms with Crippen molar-refractivity contribution in [2.45, 2.75) is 82.2 Å². The van der Waals surface area contributed by atoms with Gasteiger partial charge in [0, 0.05) is 6.42 Å². The molecular formula is C18H24F3NO9S. The van der Waals surface area contributed by atoms with Gasteiger partial charge < -0.3 is 23.1 Å². The number of carbonyl (C=O) groups excluding carboxylic acids is 2. The lowest BCUT2D eigenvalue weighted by Crippen LogP contribution is -2.53. The molecule has 182 valence electrons. The normalized spacial score (nSPS) is 29.6. The maximum atomic E-state index is 13.0. The summed E-state index contributed by atoms with van der Waals surface area (Å²) < 4.78 is 88.2. The molecule has 0 saturated carbocycles. The van der Waals surface area contributed by atoms with Gasteiger partial charge in [-0.3, -0.25) is 4.90 Å². The first kappa shape index (κ1) is 24.6. The minimum Gasteiger partial charge on any atom is -0.466 e. The van der Waals surface area contributed by atoms with Crippen molar-refractivity contribution in [2.24, 2.45) is 0 Å². The average Bonchev–Trinajstić information content (AvgIpc) is 3.01. The second-order valence-electron chi connectivity index (χ2n) is 8.98. The topological polar surface area (TPSA) is 118 Å². The van der Waals surface area contributed by atoms with E-state index in [4.69, 9.17) is 14.2 Å². The van der Waals surface area contributed by atoms with Gasteiger partial charge in [0.05, 0.1) is 13.2 Å². The second-order valence-corrected chi connectivity index (χ2v) is 10.5. The molecule has 2 saturated heterocycles. The Morgan fingerprint density at radius 3 is 2.19 bits per heavy atom. The lowest BCUT2D eigenvalue weighted by Gasteiger charge is -2.39. The zero-order chi connectivity index (χ0) is 24.4. The maximum Gasteiger partial charge on any atom is 0.534 e. The molecule has 0 aromatic carbocycles. The summed E-state index contributed by atoms with van der Waals surface area (Å²) in [5.74, 6) is -3.09. The molecule has 1 amide bonds. The molecule has 0 aromatic heterocycles. The van der Waals surface area contributed by atoms with E-state index in [2.05, 4.69) is 8.92 Å². The van der Waals surface area contributed by atoms with Crippen LogP contribution >= 0.6 is 0 Å². The van der Waals surface area contributed by atoms with E-state index < -0.39 is 81.1 Å². The largest absolute Gasteiger partial charge is 0.534 e. The minimum atomic E-state index is -6.09. The maximum absolute atomic E-state index is 13.0. The van der Waals surface area contributed by atoms with Gasteiger partial charge in [0.1, 0.15) is 35.2 Å². The second kappa shape index (κ2) is 7.48. The molecule has 4 atom stereocenters. The number of rotatable bonds is 3. The fourth-order valence-electron chi connectivity index (χ4n) is 4.03. The molecule has 3 aliphatic rings. The first-order valence-electron chi connectivity index (χ1n) is 9.57. The molecule has 3 rings (SSSR count). The summed E-state index contributed by atoms with van der Waals surface area (Å²) in [5, 5.41) is 0. The van der Waals surface area contributed by atoms with Gasteiger partial charge in [-0.15, -0.1) is 0 Å². The molecule has 3 aliphatic heterocycles. The Labute approximate surface area is 182 Å². The summed E-state index contributed by atoms with van der Waals surface area (Å²) >= 11 is 0. The Bertz CT molecular complexity index is 952. The van der Waals surface area contributed by atoms with Crippen LogP contribution in [0.5, 0.6) is 0 Å². The highest BCUT2D eigenvalue weighted by Crippen LogP contribution is 2.49. The van der Waals surface area contributed by atoms with E-state index >= 15 is 0 Å². The molecule has 2 fully saturated rings.